The Balaban J connectivity index is 2.80. The summed E-state index contributed by atoms with van der Waals surface area (Å²) in [6.07, 6.45) is -1.30. The van der Waals surface area contributed by atoms with Gasteiger partial charge >= 0.3 is 6.09 Å². The number of hydrogen-bond acceptors (Lipinski definition) is 3. The normalized spacial score (nSPS) is 9.25. The molecule has 2 amide bonds. The fraction of sp³-hybridized carbons (Fsp3) is 0.100. The van der Waals surface area contributed by atoms with Crippen LogP contribution in [0, 0.1) is 0 Å². The molecule has 2 N–H and O–H groups in total. The Morgan fingerprint density at radius 2 is 1.94 bits per heavy atom. The number of benzene rings is 1. The molecule has 0 radical (unpaired) electrons. The van der Waals surface area contributed by atoms with E-state index in [4.69, 9.17) is 5.11 Å². The number of nitrogens with zero attached hydrogens (tertiary/aromatic N) is 1. The Bertz CT molecular complexity index is 391. The van der Waals surface area contributed by atoms with Gasteiger partial charge in [-0.1, -0.05) is 18.2 Å². The van der Waals surface area contributed by atoms with Gasteiger partial charge in [0.2, 0.25) is 5.91 Å². The highest BCUT2D eigenvalue weighted by Crippen LogP contribution is 2.10. The summed E-state index contributed by atoms with van der Waals surface area (Å²) in [5.74, 6) is -0.679. The van der Waals surface area contributed by atoms with Gasteiger partial charge in [0, 0.05) is 0 Å². The third-order valence-electron chi connectivity index (χ3n) is 1.71. The van der Waals surface area contributed by atoms with Crippen molar-refractivity contribution in [3.63, 3.8) is 0 Å². The topological polar surface area (TPSA) is 86.7 Å². The van der Waals surface area contributed by atoms with Gasteiger partial charge in [-0.2, -0.15) is 5.01 Å². The molecule has 0 heterocycles. The largest absolute Gasteiger partial charge is 0.463 e. The summed E-state index contributed by atoms with van der Waals surface area (Å²) in [5, 5.41) is 9.53. The lowest BCUT2D eigenvalue weighted by molar-refractivity contribution is -0.124. The van der Waals surface area contributed by atoms with Gasteiger partial charge in [-0.15, -0.1) is 0 Å². The molecular weight excluding hydrogens is 212 g/mol. The highest BCUT2D eigenvalue weighted by Gasteiger charge is 2.16. The molecule has 0 spiro atoms. The van der Waals surface area contributed by atoms with Gasteiger partial charge in [-0.25, -0.2) is 4.79 Å². The van der Waals surface area contributed by atoms with E-state index in [2.05, 4.69) is 5.43 Å². The van der Waals surface area contributed by atoms with Crippen molar-refractivity contribution < 1.29 is 19.5 Å². The smallest absolute Gasteiger partial charge is 0.431 e. The molecule has 0 saturated carbocycles. The first kappa shape index (κ1) is 11.7. The van der Waals surface area contributed by atoms with E-state index >= 15 is 0 Å². The van der Waals surface area contributed by atoms with Gasteiger partial charge in [0.05, 0.1) is 12.1 Å². The number of aldehydes is 1. The number of para-hydroxylation sites is 1. The van der Waals surface area contributed by atoms with Crippen LogP contribution in [-0.4, -0.2) is 23.4 Å². The van der Waals surface area contributed by atoms with Crippen LogP contribution in [0.25, 0.3) is 0 Å². The molecule has 0 saturated heterocycles. The van der Waals surface area contributed by atoms with Crippen LogP contribution >= 0.6 is 0 Å². The Kier molecular flexibility index (Phi) is 4.02. The molecular formula is C10H10N2O4. The van der Waals surface area contributed by atoms with Crippen LogP contribution in [0.3, 0.4) is 0 Å². The number of carboxylic acid groups (broad SMARTS) is 1. The zero-order valence-electron chi connectivity index (χ0n) is 8.29. The second-order valence-electron chi connectivity index (χ2n) is 2.86. The summed E-state index contributed by atoms with van der Waals surface area (Å²) >= 11 is 0. The van der Waals surface area contributed by atoms with E-state index in [9.17, 15) is 14.4 Å². The van der Waals surface area contributed by atoms with Crippen LogP contribution in [0.2, 0.25) is 0 Å². The minimum atomic E-state index is -1.33. The summed E-state index contributed by atoms with van der Waals surface area (Å²) < 4.78 is 0. The Morgan fingerprint density at radius 3 is 2.44 bits per heavy atom. The van der Waals surface area contributed by atoms with Crippen LogP contribution in [0.1, 0.15) is 6.42 Å². The highest BCUT2D eigenvalue weighted by atomic mass is 16.4. The number of hydrazine groups is 1. The zero-order valence-corrected chi connectivity index (χ0v) is 8.29. The average molecular weight is 222 g/mol. The van der Waals surface area contributed by atoms with Crippen molar-refractivity contribution in [2.75, 3.05) is 5.01 Å². The maximum absolute atomic E-state index is 11.1. The van der Waals surface area contributed by atoms with E-state index in [1.165, 1.54) is 12.1 Å². The Labute approximate surface area is 91.4 Å². The molecule has 6 nitrogen and oxygen atoms in total. The van der Waals surface area contributed by atoms with E-state index in [-0.39, 0.29) is 6.42 Å². The van der Waals surface area contributed by atoms with E-state index < -0.39 is 12.0 Å². The molecule has 16 heavy (non-hydrogen) atoms. The minimum absolute atomic E-state index is 0.300. The maximum Gasteiger partial charge on any atom is 0.431 e. The molecule has 0 unspecified atom stereocenters. The summed E-state index contributed by atoms with van der Waals surface area (Å²) in [5.41, 5.74) is 2.40. The predicted octanol–water partition coefficient (Wildman–Crippen LogP) is 0.791. The molecule has 0 bridgehead atoms. The third kappa shape index (κ3) is 3.09. The summed E-state index contributed by atoms with van der Waals surface area (Å²) in [7, 11) is 0. The van der Waals surface area contributed by atoms with Crippen molar-refractivity contribution in [1.29, 1.82) is 0 Å². The van der Waals surface area contributed by atoms with Crippen molar-refractivity contribution in [2.24, 2.45) is 0 Å². The van der Waals surface area contributed by atoms with E-state index in [0.29, 0.717) is 17.0 Å². The molecule has 1 aromatic rings. The molecule has 84 valence electrons. The SMILES string of the molecule is O=CCC(=O)NN(C(=O)O)c1ccccc1. The number of carbonyl (C=O) groups excluding carboxylic acids is 2. The lowest BCUT2D eigenvalue weighted by Crippen LogP contribution is -2.45. The molecule has 1 rings (SSSR count). The van der Waals surface area contributed by atoms with Crippen LogP contribution < -0.4 is 10.4 Å². The first-order valence-electron chi connectivity index (χ1n) is 4.46. The quantitative estimate of drug-likeness (QED) is 0.449. The number of amides is 2. The number of anilines is 1. The maximum atomic E-state index is 11.1. The third-order valence-corrected chi connectivity index (χ3v) is 1.71. The highest BCUT2D eigenvalue weighted by molar-refractivity contribution is 5.94. The van der Waals surface area contributed by atoms with E-state index in [1.54, 1.807) is 18.2 Å². The zero-order chi connectivity index (χ0) is 12.0. The Hall–Kier alpha value is -2.37. The molecule has 0 fully saturated rings. The van der Waals surface area contributed by atoms with Gasteiger partial charge in [-0.3, -0.25) is 10.2 Å². The molecule has 0 aliphatic heterocycles. The lowest BCUT2D eigenvalue weighted by atomic mass is 10.3. The first-order valence-corrected chi connectivity index (χ1v) is 4.46. The van der Waals surface area contributed by atoms with Gasteiger partial charge in [-0.05, 0) is 12.1 Å². The number of hydrogen-bond donors (Lipinski definition) is 2. The minimum Gasteiger partial charge on any atom is -0.463 e. The van der Waals surface area contributed by atoms with Crippen molar-refractivity contribution in [2.45, 2.75) is 6.42 Å². The van der Waals surface area contributed by atoms with Crippen LogP contribution in [-0.2, 0) is 9.59 Å². The predicted molar refractivity (Wildman–Crippen MR) is 55.8 cm³/mol. The molecule has 1 aromatic carbocycles. The van der Waals surface area contributed by atoms with E-state index in [1.807, 2.05) is 0 Å². The van der Waals surface area contributed by atoms with Crippen LogP contribution in [0.4, 0.5) is 10.5 Å². The van der Waals surface area contributed by atoms with Gasteiger partial charge in [0.1, 0.15) is 6.29 Å². The summed E-state index contributed by atoms with van der Waals surface area (Å²) in [6, 6.07) is 8.04. The summed E-state index contributed by atoms with van der Waals surface area (Å²) in [4.78, 5) is 32.0. The van der Waals surface area contributed by atoms with Gasteiger partial charge in [0.15, 0.2) is 0 Å². The molecule has 0 aliphatic carbocycles. The monoisotopic (exact) mass is 222 g/mol. The van der Waals surface area contributed by atoms with Gasteiger partial charge in [0.25, 0.3) is 0 Å². The van der Waals surface area contributed by atoms with E-state index in [0.717, 1.165) is 0 Å². The second kappa shape index (κ2) is 5.50. The van der Waals surface area contributed by atoms with Crippen molar-refractivity contribution >= 4 is 24.0 Å². The number of rotatable bonds is 3. The lowest BCUT2D eigenvalue weighted by Gasteiger charge is -2.19. The number of nitrogens with one attached hydrogen (secondary N) is 1. The van der Waals surface area contributed by atoms with Crippen molar-refractivity contribution in [3.05, 3.63) is 30.3 Å². The molecule has 0 aliphatic rings. The first-order chi connectivity index (χ1) is 7.65. The Morgan fingerprint density at radius 1 is 1.31 bits per heavy atom. The second-order valence-corrected chi connectivity index (χ2v) is 2.86. The van der Waals surface area contributed by atoms with Crippen molar-refractivity contribution in [1.82, 2.24) is 5.43 Å². The molecule has 0 aromatic heterocycles. The van der Waals surface area contributed by atoms with Crippen molar-refractivity contribution in [3.8, 4) is 0 Å². The standard InChI is InChI=1S/C10H10N2O4/c13-7-6-9(14)11-12(10(15)16)8-4-2-1-3-5-8/h1-5,7H,6H2,(H,11,14)(H,15,16). The van der Waals surface area contributed by atoms with Gasteiger partial charge < -0.3 is 9.90 Å². The molecule has 0 atom stereocenters. The average Bonchev–Trinajstić information content (AvgIpc) is 2.27. The summed E-state index contributed by atoms with van der Waals surface area (Å²) in [6.45, 7) is 0. The van der Waals surface area contributed by atoms with Crippen LogP contribution in [0.5, 0.6) is 0 Å². The van der Waals surface area contributed by atoms with Crippen LogP contribution in [0.15, 0.2) is 30.3 Å². The molecule has 6 heteroatoms. The number of carbonyl (C=O) groups is 3. The fourth-order valence-electron chi connectivity index (χ4n) is 1.05. The fourth-order valence-corrected chi connectivity index (χ4v) is 1.05.